The van der Waals surface area contributed by atoms with Crippen molar-refractivity contribution in [2.45, 2.75) is 76.3 Å². The molecule has 21 heavy (non-hydrogen) atoms. The van der Waals surface area contributed by atoms with Gasteiger partial charge >= 0.3 is 5.97 Å². The van der Waals surface area contributed by atoms with Crippen LogP contribution in [0.1, 0.15) is 64.7 Å². The SMILES string of the molecule is CCCC1CCCCN1CCC1CCCC1(NC)C(=O)O. The van der Waals surface area contributed by atoms with Gasteiger partial charge < -0.3 is 15.3 Å². The third-order valence-corrected chi connectivity index (χ3v) is 5.78. The molecule has 0 bridgehead atoms. The van der Waals surface area contributed by atoms with E-state index in [1.807, 2.05) is 7.05 Å². The lowest BCUT2D eigenvalue weighted by Crippen LogP contribution is -2.54. The number of hydrogen-bond acceptors (Lipinski definition) is 3. The lowest BCUT2D eigenvalue weighted by molar-refractivity contribution is -0.146. The van der Waals surface area contributed by atoms with Gasteiger partial charge in [-0.25, -0.2) is 0 Å². The number of nitrogens with zero attached hydrogens (tertiary/aromatic N) is 1. The fourth-order valence-electron chi connectivity index (χ4n) is 4.52. The van der Waals surface area contributed by atoms with Crippen LogP contribution < -0.4 is 5.32 Å². The number of carboxylic acid groups (broad SMARTS) is 1. The molecule has 0 amide bonds. The van der Waals surface area contributed by atoms with Gasteiger partial charge in [0.25, 0.3) is 0 Å². The first-order valence-corrected chi connectivity index (χ1v) is 8.80. The molecule has 0 aromatic rings. The van der Waals surface area contributed by atoms with Gasteiger partial charge in [0.05, 0.1) is 0 Å². The quantitative estimate of drug-likeness (QED) is 0.758. The molecule has 3 atom stereocenters. The van der Waals surface area contributed by atoms with Gasteiger partial charge in [-0.15, -0.1) is 0 Å². The molecular formula is C17H32N2O2. The van der Waals surface area contributed by atoms with E-state index < -0.39 is 11.5 Å². The molecule has 4 heteroatoms. The van der Waals surface area contributed by atoms with Crippen molar-refractivity contribution in [3.8, 4) is 0 Å². The average Bonchev–Trinajstić information content (AvgIpc) is 2.91. The highest BCUT2D eigenvalue weighted by Gasteiger charge is 2.47. The Balaban J connectivity index is 1.93. The van der Waals surface area contributed by atoms with Crippen molar-refractivity contribution >= 4 is 5.97 Å². The molecule has 1 aliphatic heterocycles. The van der Waals surface area contributed by atoms with Gasteiger partial charge in [0, 0.05) is 6.04 Å². The maximum Gasteiger partial charge on any atom is 0.324 e. The van der Waals surface area contributed by atoms with Crippen LogP contribution in [-0.2, 0) is 4.79 Å². The standard InChI is InChI=1S/C17H32N2O2/c1-3-7-15-9-4-5-12-19(15)13-10-14-8-6-11-17(14,18-2)16(20)21/h14-15,18H,3-13H2,1-2H3,(H,20,21). The summed E-state index contributed by atoms with van der Waals surface area (Å²) in [6, 6.07) is 0.735. The number of carboxylic acids is 1. The Morgan fingerprint density at radius 2 is 2.10 bits per heavy atom. The molecule has 2 rings (SSSR count). The Labute approximate surface area is 129 Å². The van der Waals surface area contributed by atoms with Crippen LogP contribution in [0.15, 0.2) is 0 Å². The van der Waals surface area contributed by atoms with Gasteiger partial charge in [-0.3, -0.25) is 4.79 Å². The van der Waals surface area contributed by atoms with Crippen LogP contribution in [0.4, 0.5) is 0 Å². The van der Waals surface area contributed by atoms with Crippen LogP contribution in [0, 0.1) is 5.92 Å². The molecule has 0 aromatic heterocycles. The van der Waals surface area contributed by atoms with Gasteiger partial charge in [-0.05, 0) is 64.6 Å². The summed E-state index contributed by atoms with van der Waals surface area (Å²) < 4.78 is 0. The van der Waals surface area contributed by atoms with Gasteiger partial charge in [0.15, 0.2) is 0 Å². The van der Waals surface area contributed by atoms with E-state index in [4.69, 9.17) is 0 Å². The van der Waals surface area contributed by atoms with Crippen molar-refractivity contribution < 1.29 is 9.90 Å². The average molecular weight is 296 g/mol. The molecular weight excluding hydrogens is 264 g/mol. The molecule has 1 heterocycles. The molecule has 0 aromatic carbocycles. The van der Waals surface area contributed by atoms with Crippen LogP contribution in [0.25, 0.3) is 0 Å². The van der Waals surface area contributed by atoms with Crippen LogP contribution in [0.5, 0.6) is 0 Å². The molecule has 1 aliphatic carbocycles. The van der Waals surface area contributed by atoms with Crippen LogP contribution >= 0.6 is 0 Å². The van der Waals surface area contributed by atoms with Crippen molar-refractivity contribution in [3.05, 3.63) is 0 Å². The third-order valence-electron chi connectivity index (χ3n) is 5.78. The van der Waals surface area contributed by atoms with Crippen molar-refractivity contribution in [2.24, 2.45) is 5.92 Å². The van der Waals surface area contributed by atoms with E-state index in [-0.39, 0.29) is 5.92 Å². The van der Waals surface area contributed by atoms with Crippen LogP contribution in [0.2, 0.25) is 0 Å². The molecule has 1 saturated carbocycles. The molecule has 2 aliphatic rings. The number of hydrogen-bond donors (Lipinski definition) is 2. The number of carbonyl (C=O) groups is 1. The summed E-state index contributed by atoms with van der Waals surface area (Å²) in [4.78, 5) is 14.3. The minimum absolute atomic E-state index is 0.282. The summed E-state index contributed by atoms with van der Waals surface area (Å²) in [5.74, 6) is -0.375. The van der Waals surface area contributed by atoms with E-state index in [2.05, 4.69) is 17.1 Å². The number of likely N-dealkylation sites (N-methyl/N-ethyl adjacent to an activating group) is 1. The fourth-order valence-corrected chi connectivity index (χ4v) is 4.52. The maximum atomic E-state index is 11.7. The van der Waals surface area contributed by atoms with Gasteiger partial charge in [-0.2, -0.15) is 0 Å². The fraction of sp³-hybridized carbons (Fsp3) is 0.941. The molecule has 1 saturated heterocycles. The van der Waals surface area contributed by atoms with Crippen molar-refractivity contribution in [1.82, 2.24) is 10.2 Å². The lowest BCUT2D eigenvalue weighted by atomic mass is 9.84. The number of piperidine rings is 1. The van der Waals surface area contributed by atoms with Crippen molar-refractivity contribution in [1.29, 1.82) is 0 Å². The molecule has 0 radical (unpaired) electrons. The Morgan fingerprint density at radius 3 is 2.76 bits per heavy atom. The summed E-state index contributed by atoms with van der Waals surface area (Å²) in [7, 11) is 1.81. The monoisotopic (exact) mass is 296 g/mol. The van der Waals surface area contributed by atoms with Crippen molar-refractivity contribution in [2.75, 3.05) is 20.1 Å². The van der Waals surface area contributed by atoms with Gasteiger partial charge in [-0.1, -0.05) is 26.2 Å². The predicted octanol–water partition coefficient (Wildman–Crippen LogP) is 2.87. The molecule has 2 fully saturated rings. The Hall–Kier alpha value is -0.610. The molecule has 122 valence electrons. The highest BCUT2D eigenvalue weighted by atomic mass is 16.4. The van der Waals surface area contributed by atoms with E-state index in [9.17, 15) is 9.90 Å². The summed E-state index contributed by atoms with van der Waals surface area (Å²) in [5, 5.41) is 12.8. The van der Waals surface area contributed by atoms with Crippen LogP contribution in [0.3, 0.4) is 0 Å². The minimum atomic E-state index is -0.671. The smallest absolute Gasteiger partial charge is 0.324 e. The predicted molar refractivity (Wildman–Crippen MR) is 85.5 cm³/mol. The zero-order chi connectivity index (χ0) is 15.3. The Bertz CT molecular complexity index is 346. The largest absolute Gasteiger partial charge is 0.480 e. The summed E-state index contributed by atoms with van der Waals surface area (Å²) in [5.41, 5.74) is -0.671. The van der Waals surface area contributed by atoms with Crippen molar-refractivity contribution in [3.63, 3.8) is 0 Å². The molecule has 2 N–H and O–H groups in total. The van der Waals surface area contributed by atoms with E-state index in [0.29, 0.717) is 0 Å². The maximum absolute atomic E-state index is 11.7. The first kappa shape index (κ1) is 16.8. The number of likely N-dealkylation sites (tertiary alicyclic amines) is 1. The highest BCUT2D eigenvalue weighted by molar-refractivity contribution is 5.79. The van der Waals surface area contributed by atoms with E-state index in [1.54, 1.807) is 0 Å². The normalized spacial score (nSPS) is 34.2. The second kappa shape index (κ2) is 7.59. The summed E-state index contributed by atoms with van der Waals surface area (Å²) >= 11 is 0. The summed E-state index contributed by atoms with van der Waals surface area (Å²) in [6.07, 6.45) is 10.4. The lowest BCUT2D eigenvalue weighted by Gasteiger charge is -2.38. The zero-order valence-electron chi connectivity index (χ0n) is 13.7. The zero-order valence-corrected chi connectivity index (χ0v) is 13.7. The second-order valence-electron chi connectivity index (χ2n) is 6.88. The topological polar surface area (TPSA) is 52.6 Å². The van der Waals surface area contributed by atoms with Gasteiger partial charge in [0.2, 0.25) is 0 Å². The molecule has 4 nitrogen and oxygen atoms in total. The number of rotatable bonds is 7. The van der Waals surface area contributed by atoms with E-state index >= 15 is 0 Å². The van der Waals surface area contributed by atoms with E-state index in [1.165, 1.54) is 38.6 Å². The van der Waals surface area contributed by atoms with E-state index in [0.717, 1.165) is 38.3 Å². The number of aliphatic carboxylic acids is 1. The van der Waals surface area contributed by atoms with Gasteiger partial charge in [0.1, 0.15) is 5.54 Å². The molecule has 0 spiro atoms. The summed E-state index contributed by atoms with van der Waals surface area (Å²) in [6.45, 7) is 4.54. The Kier molecular flexibility index (Phi) is 6.06. The first-order valence-electron chi connectivity index (χ1n) is 8.80. The minimum Gasteiger partial charge on any atom is -0.480 e. The number of nitrogens with one attached hydrogen (secondary N) is 1. The first-order chi connectivity index (χ1) is 10.1. The highest BCUT2D eigenvalue weighted by Crippen LogP contribution is 2.38. The third kappa shape index (κ3) is 3.59. The Morgan fingerprint density at radius 1 is 1.29 bits per heavy atom. The second-order valence-corrected chi connectivity index (χ2v) is 6.88. The van der Waals surface area contributed by atoms with Crippen LogP contribution in [-0.4, -0.2) is 47.7 Å². The molecule has 3 unspecified atom stereocenters.